The van der Waals surface area contributed by atoms with Gasteiger partial charge in [-0.15, -0.1) is 0 Å². The second-order valence-corrected chi connectivity index (χ2v) is 5.16. The first-order valence-electron chi connectivity index (χ1n) is 6.04. The van der Waals surface area contributed by atoms with E-state index in [9.17, 15) is 0 Å². The van der Waals surface area contributed by atoms with Crippen molar-refractivity contribution in [1.82, 2.24) is 5.32 Å². The molecular formula is C14H23NO2. The summed E-state index contributed by atoms with van der Waals surface area (Å²) in [5.74, 6) is 0.898. The fourth-order valence-corrected chi connectivity index (χ4v) is 1.73. The van der Waals surface area contributed by atoms with E-state index in [1.54, 1.807) is 0 Å². The average Bonchev–Trinajstić information content (AvgIpc) is 2.26. The van der Waals surface area contributed by atoms with E-state index < -0.39 is 0 Å². The van der Waals surface area contributed by atoms with Gasteiger partial charge in [-0.3, -0.25) is 5.32 Å². The molecule has 2 N–H and O–H groups in total. The van der Waals surface area contributed by atoms with Crippen molar-refractivity contribution in [3.8, 4) is 5.75 Å². The zero-order chi connectivity index (χ0) is 12.9. The quantitative estimate of drug-likeness (QED) is 0.746. The van der Waals surface area contributed by atoms with E-state index in [2.05, 4.69) is 31.3 Å². The molecule has 17 heavy (non-hydrogen) atoms. The van der Waals surface area contributed by atoms with Gasteiger partial charge in [-0.2, -0.15) is 0 Å². The van der Waals surface area contributed by atoms with E-state index in [1.165, 1.54) is 5.56 Å². The summed E-state index contributed by atoms with van der Waals surface area (Å²) in [5.41, 5.74) is 1.23. The van der Waals surface area contributed by atoms with Crippen LogP contribution >= 0.6 is 0 Å². The summed E-state index contributed by atoms with van der Waals surface area (Å²) >= 11 is 0. The van der Waals surface area contributed by atoms with Crippen LogP contribution in [0.15, 0.2) is 24.3 Å². The van der Waals surface area contributed by atoms with Crippen molar-refractivity contribution in [2.45, 2.75) is 39.2 Å². The number of benzene rings is 1. The molecule has 3 heteroatoms. The van der Waals surface area contributed by atoms with E-state index in [4.69, 9.17) is 9.84 Å². The molecule has 1 rings (SSSR count). The predicted octanol–water partition coefficient (Wildman–Crippen LogP) is 2.29. The Morgan fingerprint density at radius 3 is 2.29 bits per heavy atom. The van der Waals surface area contributed by atoms with Gasteiger partial charge in [-0.05, 0) is 31.5 Å². The predicted molar refractivity (Wildman–Crippen MR) is 70.3 cm³/mol. The van der Waals surface area contributed by atoms with Crippen molar-refractivity contribution in [1.29, 1.82) is 0 Å². The largest absolute Gasteiger partial charge is 0.491 e. The van der Waals surface area contributed by atoms with Gasteiger partial charge in [0.1, 0.15) is 5.75 Å². The molecule has 0 bridgehead atoms. The molecule has 0 heterocycles. The van der Waals surface area contributed by atoms with Crippen molar-refractivity contribution in [3.63, 3.8) is 0 Å². The summed E-state index contributed by atoms with van der Waals surface area (Å²) in [4.78, 5) is 0. The van der Waals surface area contributed by atoms with Crippen molar-refractivity contribution in [3.05, 3.63) is 29.8 Å². The third-order valence-electron chi connectivity index (χ3n) is 2.69. The Balaban J connectivity index is 2.72. The maximum Gasteiger partial charge on any atom is 0.119 e. The monoisotopic (exact) mass is 237 g/mol. The van der Waals surface area contributed by atoms with Crippen LogP contribution < -0.4 is 10.1 Å². The highest BCUT2D eigenvalue weighted by Gasteiger charge is 2.19. The van der Waals surface area contributed by atoms with Crippen LogP contribution in [-0.4, -0.2) is 24.5 Å². The summed E-state index contributed by atoms with van der Waals surface area (Å²) in [7, 11) is 0. The summed E-state index contributed by atoms with van der Waals surface area (Å²) in [5, 5.41) is 11.7. The minimum absolute atomic E-state index is 0.000902. The van der Waals surface area contributed by atoms with E-state index in [0.29, 0.717) is 0 Å². The Hall–Kier alpha value is -1.06. The molecule has 0 atom stereocenters. The molecule has 0 spiro atoms. The van der Waals surface area contributed by atoms with Gasteiger partial charge >= 0.3 is 0 Å². The van der Waals surface area contributed by atoms with Gasteiger partial charge in [-0.1, -0.05) is 26.0 Å². The number of aliphatic hydroxyl groups is 1. The Morgan fingerprint density at radius 1 is 1.24 bits per heavy atom. The lowest BCUT2D eigenvalue weighted by Gasteiger charge is -2.25. The van der Waals surface area contributed by atoms with Gasteiger partial charge in [0, 0.05) is 12.0 Å². The van der Waals surface area contributed by atoms with Crippen LogP contribution in [0.25, 0.3) is 0 Å². The van der Waals surface area contributed by atoms with Gasteiger partial charge in [0.15, 0.2) is 0 Å². The fraction of sp³-hybridized carbons (Fsp3) is 0.571. The van der Waals surface area contributed by atoms with E-state index >= 15 is 0 Å². The molecule has 0 aliphatic heterocycles. The van der Waals surface area contributed by atoms with Gasteiger partial charge in [0.2, 0.25) is 0 Å². The Labute approximate surface area is 104 Å². The van der Waals surface area contributed by atoms with Crippen molar-refractivity contribution >= 4 is 0 Å². The van der Waals surface area contributed by atoms with Crippen molar-refractivity contribution in [2.24, 2.45) is 0 Å². The fourth-order valence-electron chi connectivity index (χ4n) is 1.73. The maximum atomic E-state index is 8.79. The normalized spacial score (nSPS) is 11.9. The minimum Gasteiger partial charge on any atom is -0.491 e. The lowest BCUT2D eigenvalue weighted by Crippen LogP contribution is -2.33. The first-order valence-corrected chi connectivity index (χ1v) is 6.04. The molecule has 0 aromatic heterocycles. The highest BCUT2D eigenvalue weighted by atomic mass is 16.5. The molecule has 0 radical (unpaired) electrons. The van der Waals surface area contributed by atoms with Crippen LogP contribution in [0.4, 0.5) is 0 Å². The zero-order valence-electron chi connectivity index (χ0n) is 11.2. The second-order valence-electron chi connectivity index (χ2n) is 5.16. The molecule has 0 unspecified atom stereocenters. The van der Waals surface area contributed by atoms with Gasteiger partial charge < -0.3 is 9.84 Å². The number of nitrogens with one attached hydrogen (secondary N) is 1. The van der Waals surface area contributed by atoms with Crippen LogP contribution in [0.3, 0.4) is 0 Å². The Morgan fingerprint density at radius 2 is 1.82 bits per heavy atom. The molecule has 1 aromatic rings. The summed E-state index contributed by atoms with van der Waals surface area (Å²) < 4.78 is 5.61. The van der Waals surface area contributed by atoms with E-state index in [0.717, 1.165) is 12.3 Å². The molecule has 1 aromatic carbocycles. The van der Waals surface area contributed by atoms with Crippen LogP contribution in [0.5, 0.6) is 5.75 Å². The van der Waals surface area contributed by atoms with E-state index in [1.807, 2.05) is 26.0 Å². The minimum atomic E-state index is -0.000902. The van der Waals surface area contributed by atoms with Crippen LogP contribution in [-0.2, 0) is 5.41 Å². The Kier molecular flexibility index (Phi) is 4.97. The average molecular weight is 237 g/mol. The summed E-state index contributed by atoms with van der Waals surface area (Å²) in [6, 6.07) is 8.15. The molecule has 3 nitrogen and oxygen atoms in total. The van der Waals surface area contributed by atoms with Gasteiger partial charge in [-0.25, -0.2) is 0 Å². The second kappa shape index (κ2) is 6.03. The molecule has 0 fully saturated rings. The maximum absolute atomic E-state index is 8.79. The molecular weight excluding hydrogens is 214 g/mol. The molecule has 0 aliphatic carbocycles. The third kappa shape index (κ3) is 4.36. The summed E-state index contributed by atoms with van der Waals surface area (Å²) in [6.45, 7) is 9.08. The number of aliphatic hydroxyl groups excluding tert-OH is 1. The number of ether oxygens (including phenoxy) is 1. The SMILES string of the molecule is CC(C)Oc1ccc(C(C)(C)CNCO)cc1. The van der Waals surface area contributed by atoms with Crippen molar-refractivity contribution < 1.29 is 9.84 Å². The highest BCUT2D eigenvalue weighted by molar-refractivity contribution is 5.32. The third-order valence-corrected chi connectivity index (χ3v) is 2.69. The first-order chi connectivity index (χ1) is 7.95. The van der Waals surface area contributed by atoms with Gasteiger partial charge in [0.25, 0.3) is 0 Å². The molecule has 0 saturated heterocycles. The molecule has 0 amide bonds. The number of rotatable bonds is 6. The lowest BCUT2D eigenvalue weighted by atomic mass is 9.84. The highest BCUT2D eigenvalue weighted by Crippen LogP contribution is 2.24. The van der Waals surface area contributed by atoms with E-state index in [-0.39, 0.29) is 18.2 Å². The first kappa shape index (κ1) is 14.0. The smallest absolute Gasteiger partial charge is 0.119 e. The number of hydrogen-bond donors (Lipinski definition) is 2. The zero-order valence-corrected chi connectivity index (χ0v) is 11.2. The molecule has 0 saturated carbocycles. The molecule has 96 valence electrons. The van der Waals surface area contributed by atoms with Gasteiger partial charge in [0.05, 0.1) is 12.8 Å². The molecule has 0 aliphatic rings. The summed E-state index contributed by atoms with van der Waals surface area (Å²) in [6.07, 6.45) is 0.199. The topological polar surface area (TPSA) is 41.5 Å². The lowest BCUT2D eigenvalue weighted by molar-refractivity contribution is 0.241. The number of hydrogen-bond acceptors (Lipinski definition) is 3. The van der Waals surface area contributed by atoms with Crippen LogP contribution in [0.1, 0.15) is 33.3 Å². The van der Waals surface area contributed by atoms with Crippen LogP contribution in [0, 0.1) is 0 Å². The van der Waals surface area contributed by atoms with Crippen molar-refractivity contribution in [2.75, 3.05) is 13.3 Å². The van der Waals surface area contributed by atoms with Crippen LogP contribution in [0.2, 0.25) is 0 Å². The standard InChI is InChI=1S/C14H23NO2/c1-11(2)17-13-7-5-12(6-8-13)14(3,4)9-15-10-16/h5-8,11,15-16H,9-10H2,1-4H3. The Bertz CT molecular complexity index is 331.